The first-order valence-electron chi connectivity index (χ1n) is 40.3. The van der Waals surface area contributed by atoms with Crippen molar-refractivity contribution in [1.82, 2.24) is 0 Å². The van der Waals surface area contributed by atoms with E-state index in [1.165, 1.54) is 193 Å². The highest BCUT2D eigenvalue weighted by Gasteiger charge is 2.30. The van der Waals surface area contributed by atoms with Gasteiger partial charge in [0.2, 0.25) is 0 Å². The molecule has 3 N–H and O–H groups in total. The van der Waals surface area contributed by atoms with Crippen LogP contribution < -0.4 is 0 Å². The van der Waals surface area contributed by atoms with Gasteiger partial charge in [0.15, 0.2) is 12.2 Å². The fraction of sp³-hybridized carbons (Fsp3) is 0.949. The smallest absolute Gasteiger partial charge is 0.462 e. The fourth-order valence-electron chi connectivity index (χ4n) is 11.8. The topological polar surface area (TPSA) is 237 Å². The zero-order chi connectivity index (χ0) is 71.7. The van der Waals surface area contributed by atoms with Gasteiger partial charge in [0.05, 0.1) is 26.4 Å². The van der Waals surface area contributed by atoms with Crippen LogP contribution in [0.25, 0.3) is 0 Å². The molecule has 0 aromatic carbocycles. The minimum atomic E-state index is -4.96. The summed E-state index contributed by atoms with van der Waals surface area (Å²) in [5.41, 5.74) is 0. The van der Waals surface area contributed by atoms with Crippen LogP contribution in [-0.4, -0.2) is 96.7 Å². The molecule has 0 amide bonds. The lowest BCUT2D eigenvalue weighted by atomic mass is 9.99. The number of hydrogen-bond acceptors (Lipinski definition) is 15. The second kappa shape index (κ2) is 67.2. The van der Waals surface area contributed by atoms with Crippen LogP contribution in [-0.2, 0) is 65.4 Å². The number of aliphatic hydroxyl groups is 1. The Hall–Kier alpha value is -1.94. The van der Waals surface area contributed by atoms with Crippen LogP contribution in [0, 0.1) is 23.7 Å². The molecule has 0 rings (SSSR count). The van der Waals surface area contributed by atoms with Crippen LogP contribution >= 0.6 is 15.6 Å². The Kier molecular flexibility index (Phi) is 65.9. The summed E-state index contributed by atoms with van der Waals surface area (Å²) in [6.07, 6.45) is 52.9. The van der Waals surface area contributed by atoms with E-state index in [4.69, 9.17) is 37.0 Å². The number of unbranched alkanes of at least 4 members (excludes halogenated alkanes) is 39. The van der Waals surface area contributed by atoms with Gasteiger partial charge < -0.3 is 33.8 Å². The van der Waals surface area contributed by atoms with Crippen molar-refractivity contribution in [3.8, 4) is 0 Å². The molecule has 0 spiro atoms. The predicted octanol–water partition coefficient (Wildman–Crippen LogP) is 22.8. The van der Waals surface area contributed by atoms with Crippen LogP contribution in [0.4, 0.5) is 0 Å². The van der Waals surface area contributed by atoms with Gasteiger partial charge in [0.25, 0.3) is 0 Å². The van der Waals surface area contributed by atoms with Gasteiger partial charge in [0.1, 0.15) is 19.3 Å². The van der Waals surface area contributed by atoms with E-state index in [-0.39, 0.29) is 25.7 Å². The van der Waals surface area contributed by atoms with E-state index in [2.05, 4.69) is 55.4 Å². The standard InChI is InChI=1S/C78H152O17P2/c1-9-70(7)56-48-40-32-26-19-17-15-13-11-12-14-16-18-20-27-33-42-50-58-75(80)88-64-73(94-78(83)61-53-45-35-29-23-25-31-39-47-55-69(5)6)66-92-96(84,85)90-62-72(79)63-91-97(86,87)93-67-74(65-89-76(81)59-51-43-37-36-41-49-57-71(8)10-2)95-77(82)60-52-44-34-28-22-21-24-30-38-46-54-68(3)4/h68-74,79H,9-67H2,1-8H3,(H,84,85)(H,86,87)/t70?,71?,72-,73-,74-/m1/s1. The summed E-state index contributed by atoms with van der Waals surface area (Å²) in [5.74, 6) is 0.972. The van der Waals surface area contributed by atoms with E-state index in [0.717, 1.165) is 120 Å². The maximum absolute atomic E-state index is 13.1. The number of phosphoric ester groups is 2. The summed E-state index contributed by atoms with van der Waals surface area (Å²) in [4.78, 5) is 72.8. The molecule has 7 atom stereocenters. The molecule has 0 aliphatic heterocycles. The number of phosphoric acid groups is 2. The number of aliphatic hydroxyl groups excluding tert-OH is 1. The van der Waals surface area contributed by atoms with Gasteiger partial charge in [-0.3, -0.25) is 37.3 Å². The SMILES string of the molecule is CCC(C)CCCCCCCCCCCCCCCCCCCCC(=O)OC[C@H](COP(=O)(O)OC[C@@H](O)COP(=O)(O)OC[C@@H](COC(=O)CCCCCCCCC(C)CC)OC(=O)CCCCCCCCCCCCC(C)C)OC(=O)CCCCCCCCCCCC(C)C. The first-order valence-corrected chi connectivity index (χ1v) is 43.3. The zero-order valence-corrected chi connectivity index (χ0v) is 65.5. The minimum absolute atomic E-state index is 0.105. The third-order valence-electron chi connectivity index (χ3n) is 18.8. The van der Waals surface area contributed by atoms with Gasteiger partial charge in [-0.25, -0.2) is 9.13 Å². The molecule has 0 aliphatic carbocycles. The largest absolute Gasteiger partial charge is 0.472 e. The monoisotopic (exact) mass is 1420 g/mol. The van der Waals surface area contributed by atoms with Crippen molar-refractivity contribution >= 4 is 39.5 Å². The molecule has 17 nitrogen and oxygen atoms in total. The summed E-state index contributed by atoms with van der Waals surface area (Å²) >= 11 is 0. The lowest BCUT2D eigenvalue weighted by Gasteiger charge is -2.21. The molecule has 0 fully saturated rings. The van der Waals surface area contributed by atoms with Crippen molar-refractivity contribution in [2.75, 3.05) is 39.6 Å². The molecule has 0 saturated heterocycles. The van der Waals surface area contributed by atoms with Gasteiger partial charge in [0, 0.05) is 25.7 Å². The predicted molar refractivity (Wildman–Crippen MR) is 395 cm³/mol. The Balaban J connectivity index is 5.17. The zero-order valence-electron chi connectivity index (χ0n) is 63.7. The van der Waals surface area contributed by atoms with Crippen molar-refractivity contribution < 1.29 is 80.2 Å². The minimum Gasteiger partial charge on any atom is -0.462 e. The molecule has 0 aromatic rings. The van der Waals surface area contributed by atoms with E-state index in [9.17, 15) is 43.2 Å². The average Bonchev–Trinajstić information content (AvgIpc) is 2.15. The summed E-state index contributed by atoms with van der Waals surface area (Å²) in [5, 5.41) is 10.6. The van der Waals surface area contributed by atoms with Crippen molar-refractivity contribution in [2.24, 2.45) is 23.7 Å². The molecular formula is C78H152O17P2. The van der Waals surface area contributed by atoms with E-state index in [1.807, 2.05) is 0 Å². The molecule has 97 heavy (non-hydrogen) atoms. The third kappa shape index (κ3) is 69.5. The summed E-state index contributed by atoms with van der Waals surface area (Å²) in [6.45, 7) is 14.2. The normalized spacial score (nSPS) is 14.6. The molecular weight excluding hydrogens is 1270 g/mol. The third-order valence-corrected chi connectivity index (χ3v) is 20.7. The van der Waals surface area contributed by atoms with Gasteiger partial charge >= 0.3 is 39.5 Å². The molecule has 0 aromatic heterocycles. The number of carbonyl (C=O) groups excluding carboxylic acids is 4. The van der Waals surface area contributed by atoms with Crippen LogP contribution in [0.5, 0.6) is 0 Å². The fourth-order valence-corrected chi connectivity index (χ4v) is 13.4. The van der Waals surface area contributed by atoms with Crippen LogP contribution in [0.2, 0.25) is 0 Å². The van der Waals surface area contributed by atoms with E-state index in [1.54, 1.807) is 0 Å². The van der Waals surface area contributed by atoms with E-state index in [0.29, 0.717) is 25.7 Å². The Bertz CT molecular complexity index is 1910. The lowest BCUT2D eigenvalue weighted by molar-refractivity contribution is -0.161. The number of rotatable bonds is 75. The molecule has 0 aliphatic rings. The molecule has 0 saturated carbocycles. The van der Waals surface area contributed by atoms with Gasteiger partial charge in [-0.15, -0.1) is 0 Å². The summed E-state index contributed by atoms with van der Waals surface area (Å²) in [7, 11) is -9.91. The summed E-state index contributed by atoms with van der Waals surface area (Å²) < 4.78 is 68.5. The van der Waals surface area contributed by atoms with Crippen molar-refractivity contribution in [3.05, 3.63) is 0 Å². The highest BCUT2D eigenvalue weighted by molar-refractivity contribution is 7.47. The van der Waals surface area contributed by atoms with Crippen LogP contribution in [0.15, 0.2) is 0 Å². The second-order valence-corrected chi connectivity index (χ2v) is 32.4. The Morgan fingerprint density at radius 3 is 0.732 bits per heavy atom. The molecule has 19 heteroatoms. The summed E-state index contributed by atoms with van der Waals surface area (Å²) in [6, 6.07) is 0. The van der Waals surface area contributed by atoms with Gasteiger partial charge in [-0.1, -0.05) is 344 Å². The van der Waals surface area contributed by atoms with E-state index < -0.39 is 97.5 Å². The molecule has 576 valence electrons. The first kappa shape index (κ1) is 95.1. The Labute approximate surface area is 594 Å². The highest BCUT2D eigenvalue weighted by Crippen LogP contribution is 2.45. The lowest BCUT2D eigenvalue weighted by Crippen LogP contribution is -2.30. The number of ether oxygens (including phenoxy) is 4. The highest BCUT2D eigenvalue weighted by atomic mass is 31.2. The van der Waals surface area contributed by atoms with Crippen LogP contribution in [0.1, 0.15) is 396 Å². The number of esters is 4. The average molecular weight is 1420 g/mol. The first-order chi connectivity index (χ1) is 46.7. The molecule has 4 unspecified atom stereocenters. The number of hydrogen-bond donors (Lipinski definition) is 3. The number of carbonyl (C=O) groups is 4. The van der Waals surface area contributed by atoms with Crippen molar-refractivity contribution in [3.63, 3.8) is 0 Å². The van der Waals surface area contributed by atoms with Crippen LogP contribution in [0.3, 0.4) is 0 Å². The molecule has 0 radical (unpaired) electrons. The van der Waals surface area contributed by atoms with Crippen molar-refractivity contribution in [2.45, 2.75) is 414 Å². The Morgan fingerprint density at radius 2 is 0.495 bits per heavy atom. The molecule has 0 heterocycles. The van der Waals surface area contributed by atoms with E-state index >= 15 is 0 Å². The van der Waals surface area contributed by atoms with Gasteiger partial charge in [-0.2, -0.15) is 0 Å². The maximum atomic E-state index is 13.1. The van der Waals surface area contributed by atoms with Gasteiger partial charge in [-0.05, 0) is 49.4 Å². The molecule has 0 bridgehead atoms. The Morgan fingerprint density at radius 1 is 0.289 bits per heavy atom. The van der Waals surface area contributed by atoms with Crippen molar-refractivity contribution in [1.29, 1.82) is 0 Å². The quantitative estimate of drug-likeness (QED) is 0.0222. The second-order valence-electron chi connectivity index (χ2n) is 29.5. The maximum Gasteiger partial charge on any atom is 0.472 e.